The van der Waals surface area contributed by atoms with Crippen molar-refractivity contribution >= 4 is 23.9 Å². The first-order chi connectivity index (χ1) is 16.6. The van der Waals surface area contributed by atoms with E-state index in [1.54, 1.807) is 0 Å². The zero-order valence-electron chi connectivity index (χ0n) is 22.6. The lowest BCUT2D eigenvalue weighted by Gasteiger charge is -2.18. The molecule has 0 saturated heterocycles. The summed E-state index contributed by atoms with van der Waals surface area (Å²) in [4.78, 5) is 48.6. The minimum Gasteiger partial charge on any atom is -0.463 e. The van der Waals surface area contributed by atoms with Gasteiger partial charge in [0.05, 0.1) is 19.6 Å². The first-order valence-corrected chi connectivity index (χ1v) is 13.0. The van der Waals surface area contributed by atoms with Crippen LogP contribution in [0.3, 0.4) is 0 Å². The topological polar surface area (TPSA) is 105 Å². The average Bonchev–Trinajstić information content (AvgIpc) is 2.83. The van der Waals surface area contributed by atoms with Crippen molar-refractivity contribution in [1.29, 1.82) is 0 Å². The molecule has 0 N–H and O–H groups in total. The molecule has 4 atom stereocenters. The number of esters is 4. The number of unbranched alkanes of at least 4 members (excludes halogenated alkanes) is 2. The summed E-state index contributed by atoms with van der Waals surface area (Å²) in [5.41, 5.74) is -0.185. The molecule has 0 aromatic rings. The Bertz CT molecular complexity index is 672. The van der Waals surface area contributed by atoms with Gasteiger partial charge in [0.15, 0.2) is 12.2 Å². The maximum atomic E-state index is 12.2. The summed E-state index contributed by atoms with van der Waals surface area (Å²) in [5.74, 6) is -2.46. The predicted octanol–water partition coefficient (Wildman–Crippen LogP) is 5.32. The Balaban J connectivity index is 4.45. The van der Waals surface area contributed by atoms with Gasteiger partial charge in [-0.05, 0) is 38.5 Å². The molecule has 0 aliphatic heterocycles. The van der Waals surface area contributed by atoms with E-state index in [1.807, 2.05) is 13.8 Å². The van der Waals surface area contributed by atoms with E-state index in [9.17, 15) is 19.2 Å². The maximum Gasteiger partial charge on any atom is 0.347 e. The quantitative estimate of drug-likeness (QED) is 0.134. The summed E-state index contributed by atoms with van der Waals surface area (Å²) in [7, 11) is 0. The van der Waals surface area contributed by atoms with E-state index in [0.29, 0.717) is 0 Å². The number of hydrogen-bond acceptors (Lipinski definition) is 8. The Labute approximate surface area is 211 Å². The summed E-state index contributed by atoms with van der Waals surface area (Å²) in [5, 5.41) is 0. The molecule has 0 bridgehead atoms. The molecule has 0 aliphatic rings. The molecule has 35 heavy (non-hydrogen) atoms. The van der Waals surface area contributed by atoms with Crippen LogP contribution in [-0.4, -0.2) is 49.3 Å². The van der Waals surface area contributed by atoms with Gasteiger partial charge in [0.25, 0.3) is 0 Å². The maximum absolute atomic E-state index is 12.2. The second-order valence-electron chi connectivity index (χ2n) is 9.05. The van der Waals surface area contributed by atoms with Crippen molar-refractivity contribution in [3.8, 4) is 0 Å². The predicted molar refractivity (Wildman–Crippen MR) is 133 cm³/mol. The van der Waals surface area contributed by atoms with E-state index in [2.05, 4.69) is 20.4 Å². The average molecular weight is 499 g/mol. The lowest BCUT2D eigenvalue weighted by Crippen LogP contribution is -2.30. The van der Waals surface area contributed by atoms with Crippen LogP contribution >= 0.6 is 0 Å². The molecule has 0 aliphatic carbocycles. The van der Waals surface area contributed by atoms with Crippen molar-refractivity contribution in [3.63, 3.8) is 0 Å². The Kier molecular flexibility index (Phi) is 17.6. The smallest absolute Gasteiger partial charge is 0.347 e. The van der Waals surface area contributed by atoms with E-state index >= 15 is 0 Å². The SMILES string of the molecule is C=C(CC(=O)OC(C)C(=O)OCC(CC)CCCC)C(=O)OC(C)C(=O)OCC(CC)CCCC. The fourth-order valence-corrected chi connectivity index (χ4v) is 3.26. The van der Waals surface area contributed by atoms with Crippen LogP contribution in [-0.2, 0) is 38.1 Å². The van der Waals surface area contributed by atoms with Crippen LogP contribution in [0.25, 0.3) is 0 Å². The Morgan fingerprint density at radius 3 is 1.54 bits per heavy atom. The second kappa shape index (κ2) is 18.9. The second-order valence-corrected chi connectivity index (χ2v) is 9.05. The van der Waals surface area contributed by atoms with Crippen molar-refractivity contribution in [3.05, 3.63) is 12.2 Å². The highest BCUT2D eigenvalue weighted by atomic mass is 16.6. The van der Waals surface area contributed by atoms with Crippen LogP contribution in [0.4, 0.5) is 0 Å². The molecule has 0 fully saturated rings. The number of hydrogen-bond donors (Lipinski definition) is 0. The van der Waals surface area contributed by atoms with Crippen LogP contribution < -0.4 is 0 Å². The van der Waals surface area contributed by atoms with Gasteiger partial charge in [-0.2, -0.15) is 0 Å². The third-order valence-corrected chi connectivity index (χ3v) is 5.91. The first-order valence-electron chi connectivity index (χ1n) is 13.0. The van der Waals surface area contributed by atoms with E-state index in [1.165, 1.54) is 13.8 Å². The van der Waals surface area contributed by atoms with Gasteiger partial charge in [0, 0.05) is 5.57 Å². The third kappa shape index (κ3) is 14.6. The molecule has 8 nitrogen and oxygen atoms in total. The van der Waals surface area contributed by atoms with E-state index in [4.69, 9.17) is 18.9 Å². The largest absolute Gasteiger partial charge is 0.463 e. The summed E-state index contributed by atoms with van der Waals surface area (Å²) in [6, 6.07) is 0. The van der Waals surface area contributed by atoms with Crippen LogP contribution in [0.1, 0.15) is 99.3 Å². The molecule has 0 saturated carbocycles. The zero-order valence-corrected chi connectivity index (χ0v) is 22.6. The molecular weight excluding hydrogens is 452 g/mol. The molecular formula is C27H46O8. The third-order valence-electron chi connectivity index (χ3n) is 5.91. The van der Waals surface area contributed by atoms with E-state index in [0.717, 1.165) is 51.4 Å². The standard InChI is InChI=1S/C27H46O8/c1-8-12-14-22(10-3)17-32-26(30)20(6)34-24(28)16-19(5)25(29)35-21(7)27(31)33-18-23(11-4)15-13-9-2/h20-23H,5,8-18H2,1-4,6-7H3. The summed E-state index contributed by atoms with van der Waals surface area (Å²) in [6.45, 7) is 15.2. The first kappa shape index (κ1) is 32.6. The van der Waals surface area contributed by atoms with Gasteiger partial charge >= 0.3 is 23.9 Å². The summed E-state index contributed by atoms with van der Waals surface area (Å²) < 4.78 is 20.7. The highest BCUT2D eigenvalue weighted by molar-refractivity contribution is 5.95. The van der Waals surface area contributed by atoms with Crippen molar-refractivity contribution in [2.24, 2.45) is 11.8 Å². The molecule has 202 valence electrons. The lowest BCUT2D eigenvalue weighted by atomic mass is 10.0. The monoisotopic (exact) mass is 498 g/mol. The highest BCUT2D eigenvalue weighted by Gasteiger charge is 2.25. The van der Waals surface area contributed by atoms with Gasteiger partial charge in [-0.3, -0.25) is 4.79 Å². The molecule has 0 spiro atoms. The minimum atomic E-state index is -1.13. The van der Waals surface area contributed by atoms with Crippen LogP contribution in [0.5, 0.6) is 0 Å². The molecule has 8 heteroatoms. The van der Waals surface area contributed by atoms with Crippen LogP contribution in [0.15, 0.2) is 12.2 Å². The number of carbonyl (C=O) groups is 4. The lowest BCUT2D eigenvalue weighted by molar-refractivity contribution is -0.168. The molecule has 0 aromatic carbocycles. The van der Waals surface area contributed by atoms with E-state index in [-0.39, 0.29) is 30.6 Å². The number of ether oxygens (including phenoxy) is 4. The van der Waals surface area contributed by atoms with Crippen molar-refractivity contribution in [2.45, 2.75) is 112 Å². The zero-order chi connectivity index (χ0) is 26.8. The van der Waals surface area contributed by atoms with Crippen LogP contribution in [0.2, 0.25) is 0 Å². The van der Waals surface area contributed by atoms with Gasteiger partial charge in [-0.25, -0.2) is 14.4 Å². The fraction of sp³-hybridized carbons (Fsp3) is 0.778. The Morgan fingerprint density at radius 1 is 0.714 bits per heavy atom. The highest BCUT2D eigenvalue weighted by Crippen LogP contribution is 2.15. The van der Waals surface area contributed by atoms with Crippen molar-refractivity contribution < 1.29 is 38.1 Å². The number of rotatable bonds is 19. The van der Waals surface area contributed by atoms with Gasteiger partial charge < -0.3 is 18.9 Å². The Hall–Kier alpha value is -2.38. The Morgan fingerprint density at radius 2 is 1.14 bits per heavy atom. The van der Waals surface area contributed by atoms with E-state index < -0.39 is 42.5 Å². The molecule has 4 unspecified atom stereocenters. The summed E-state index contributed by atoms with van der Waals surface area (Å²) in [6.07, 6.45) is 5.29. The normalized spacial score (nSPS) is 14.2. The molecule has 0 radical (unpaired) electrons. The molecule has 0 heterocycles. The van der Waals surface area contributed by atoms with Gasteiger partial charge in [-0.1, -0.05) is 72.8 Å². The van der Waals surface area contributed by atoms with Gasteiger partial charge in [0.2, 0.25) is 0 Å². The fourth-order valence-electron chi connectivity index (χ4n) is 3.26. The molecule has 0 aromatic heterocycles. The van der Waals surface area contributed by atoms with Gasteiger partial charge in [-0.15, -0.1) is 0 Å². The van der Waals surface area contributed by atoms with Gasteiger partial charge in [0.1, 0.15) is 0 Å². The van der Waals surface area contributed by atoms with Crippen LogP contribution in [0, 0.1) is 11.8 Å². The summed E-state index contributed by atoms with van der Waals surface area (Å²) >= 11 is 0. The van der Waals surface area contributed by atoms with Crippen molar-refractivity contribution in [1.82, 2.24) is 0 Å². The minimum absolute atomic E-state index is 0.185. The molecule has 0 rings (SSSR count). The molecule has 0 amide bonds. The van der Waals surface area contributed by atoms with Crippen molar-refractivity contribution in [2.75, 3.05) is 13.2 Å². The number of carbonyl (C=O) groups excluding carboxylic acids is 4.